The number of hydrogen-bond donors (Lipinski definition) is 2. The van der Waals surface area contributed by atoms with Crippen molar-refractivity contribution in [1.29, 1.82) is 0 Å². The number of aromatic nitrogens is 2. The fourth-order valence-electron chi connectivity index (χ4n) is 5.03. The zero-order valence-electron chi connectivity index (χ0n) is 25.7. The molecule has 4 aromatic rings. The lowest BCUT2D eigenvalue weighted by molar-refractivity contribution is -0.154. The Morgan fingerprint density at radius 1 is 1.14 bits per heavy atom. The van der Waals surface area contributed by atoms with Gasteiger partial charge < -0.3 is 20.6 Å². The zero-order valence-corrected chi connectivity index (χ0v) is 28.1. The molecule has 0 radical (unpaired) electrons. The third-order valence-corrected chi connectivity index (χ3v) is 10.3. The van der Waals surface area contributed by atoms with Crippen molar-refractivity contribution in [2.75, 3.05) is 18.1 Å². The first kappa shape index (κ1) is 33.5. The van der Waals surface area contributed by atoms with Crippen LogP contribution in [0.25, 0.3) is 6.08 Å². The van der Waals surface area contributed by atoms with Crippen molar-refractivity contribution >= 4 is 69.6 Å². The Morgan fingerprint density at radius 2 is 1.88 bits per heavy atom. The standard InChI is InChI=1S/C35H28N6O5S3/c1-2-17-45-40-27(25-20-49-35(36)38-25)31(42)39-28-32(43)41-29(26(21-48-33(28)41)47-18-15-22-10-9-16-37-19-22)34(44)46-30(23-11-5-3-6-12-23)24-13-7-4-8-14-24/h1,3-16,18-20,28,30,33H,17,21H2,(H2,36,38)(H,39,42)/b18-15-,40-27?/t28?,33-/m1/s1. The molecule has 0 saturated carbocycles. The lowest BCUT2D eigenvalue weighted by Gasteiger charge is -2.49. The van der Waals surface area contributed by atoms with Gasteiger partial charge in [-0.25, -0.2) is 9.78 Å². The maximum Gasteiger partial charge on any atom is 0.356 e. The summed E-state index contributed by atoms with van der Waals surface area (Å²) in [6.45, 7) is -0.177. The Kier molecular flexibility index (Phi) is 10.7. The Balaban J connectivity index is 1.28. The van der Waals surface area contributed by atoms with E-state index < -0.39 is 35.3 Å². The van der Waals surface area contributed by atoms with Crippen LogP contribution in [0.4, 0.5) is 5.13 Å². The summed E-state index contributed by atoms with van der Waals surface area (Å²) >= 11 is 3.85. The molecule has 49 heavy (non-hydrogen) atoms. The van der Waals surface area contributed by atoms with Crippen LogP contribution < -0.4 is 11.1 Å². The van der Waals surface area contributed by atoms with Crippen LogP contribution in [-0.4, -0.2) is 62.1 Å². The van der Waals surface area contributed by atoms with Crippen LogP contribution in [0.3, 0.4) is 0 Å². The number of amides is 2. The van der Waals surface area contributed by atoms with E-state index in [1.165, 1.54) is 28.4 Å². The van der Waals surface area contributed by atoms with Gasteiger partial charge in [-0.3, -0.25) is 19.5 Å². The SMILES string of the molecule is C#CCON=C(C(=O)NC1C(=O)N2C(C(=O)OC(c3ccccc3)c3ccccc3)=C(S/C=C\c3cccnc3)CS[C@H]12)c1csc(N)n1. The molecule has 0 bridgehead atoms. The van der Waals surface area contributed by atoms with Crippen molar-refractivity contribution in [2.24, 2.45) is 5.16 Å². The molecule has 2 aliphatic heterocycles. The molecule has 14 heteroatoms. The fourth-order valence-corrected chi connectivity index (χ4v) is 7.93. The summed E-state index contributed by atoms with van der Waals surface area (Å²) in [4.78, 5) is 56.8. The fraction of sp³-hybridized carbons (Fsp3) is 0.143. The van der Waals surface area contributed by atoms with Crippen LogP contribution in [0.5, 0.6) is 0 Å². The molecular formula is C35H28N6O5S3. The third kappa shape index (κ3) is 7.70. The predicted octanol–water partition coefficient (Wildman–Crippen LogP) is 4.82. The van der Waals surface area contributed by atoms with Gasteiger partial charge in [0.15, 0.2) is 23.6 Å². The maximum atomic E-state index is 14.2. The van der Waals surface area contributed by atoms with Crippen molar-refractivity contribution in [2.45, 2.75) is 17.5 Å². The van der Waals surface area contributed by atoms with Crippen molar-refractivity contribution in [1.82, 2.24) is 20.2 Å². The Labute approximate surface area is 294 Å². The molecule has 2 aromatic heterocycles. The number of carbonyl (C=O) groups excluding carboxylic acids is 3. The first-order valence-corrected chi connectivity index (χ1v) is 17.6. The summed E-state index contributed by atoms with van der Waals surface area (Å²) in [5.41, 5.74) is 8.31. The van der Waals surface area contributed by atoms with Crippen LogP contribution in [0.1, 0.15) is 28.5 Å². The number of nitrogens with zero attached hydrogens (tertiary/aromatic N) is 4. The van der Waals surface area contributed by atoms with Gasteiger partial charge in [0.05, 0.1) is 0 Å². The molecule has 2 aromatic carbocycles. The van der Waals surface area contributed by atoms with E-state index in [0.717, 1.165) is 28.0 Å². The smallest absolute Gasteiger partial charge is 0.356 e. The number of fused-ring (bicyclic) bond motifs is 1. The second kappa shape index (κ2) is 15.7. The molecule has 3 N–H and O–H groups in total. The number of esters is 1. The highest BCUT2D eigenvalue weighted by molar-refractivity contribution is 8.08. The monoisotopic (exact) mass is 708 g/mol. The number of nitrogens with two attached hydrogens (primary N) is 1. The van der Waals surface area contributed by atoms with E-state index in [9.17, 15) is 14.4 Å². The zero-order chi connectivity index (χ0) is 34.2. The van der Waals surface area contributed by atoms with E-state index in [4.69, 9.17) is 21.7 Å². The van der Waals surface area contributed by atoms with Crippen LogP contribution in [-0.2, 0) is 24.0 Å². The summed E-state index contributed by atoms with van der Waals surface area (Å²) in [5.74, 6) is 0.802. The van der Waals surface area contributed by atoms with Crippen molar-refractivity contribution in [3.8, 4) is 12.3 Å². The Hall–Kier alpha value is -5.36. The van der Waals surface area contributed by atoms with Gasteiger partial charge in [0.1, 0.15) is 22.8 Å². The number of β-lactam (4-membered cyclic amide) rings is 1. The second-order valence-electron chi connectivity index (χ2n) is 10.4. The first-order valence-electron chi connectivity index (χ1n) is 14.8. The number of rotatable bonds is 12. The van der Waals surface area contributed by atoms with Gasteiger partial charge in [-0.1, -0.05) is 89.6 Å². The highest BCUT2D eigenvalue weighted by Gasteiger charge is 2.55. The highest BCUT2D eigenvalue weighted by atomic mass is 32.2. The van der Waals surface area contributed by atoms with Crippen molar-refractivity contribution < 1.29 is 24.0 Å². The van der Waals surface area contributed by atoms with Gasteiger partial charge in [0.2, 0.25) is 0 Å². The van der Waals surface area contributed by atoms with Gasteiger partial charge >= 0.3 is 5.97 Å². The Morgan fingerprint density at radius 3 is 2.51 bits per heavy atom. The number of benzene rings is 2. The summed E-state index contributed by atoms with van der Waals surface area (Å²) in [5, 5.41) is 9.62. The number of terminal acetylenes is 1. The number of ether oxygens (including phenoxy) is 1. The number of anilines is 1. The Bertz CT molecular complexity index is 1920. The van der Waals surface area contributed by atoms with Gasteiger partial charge in [0, 0.05) is 28.4 Å². The summed E-state index contributed by atoms with van der Waals surface area (Å²) in [7, 11) is 0. The lowest BCUT2D eigenvalue weighted by atomic mass is 10.0. The van der Waals surface area contributed by atoms with Crippen LogP contribution in [0.15, 0.2) is 112 Å². The number of oxime groups is 1. The maximum absolute atomic E-state index is 14.2. The highest BCUT2D eigenvalue weighted by Crippen LogP contribution is 2.45. The predicted molar refractivity (Wildman–Crippen MR) is 192 cm³/mol. The van der Waals surface area contributed by atoms with Crippen LogP contribution >= 0.6 is 34.9 Å². The topological polar surface area (TPSA) is 149 Å². The number of carbonyl (C=O) groups is 3. The minimum Gasteiger partial charge on any atom is -0.448 e. The van der Waals surface area contributed by atoms with Crippen LogP contribution in [0, 0.1) is 12.3 Å². The number of nitrogen functional groups attached to an aromatic ring is 1. The van der Waals surface area contributed by atoms with E-state index in [1.807, 2.05) is 84.3 Å². The summed E-state index contributed by atoms with van der Waals surface area (Å²) in [6.07, 6.45) is 9.81. The molecular weight excluding hydrogens is 681 g/mol. The molecule has 2 amide bonds. The van der Waals surface area contributed by atoms with E-state index >= 15 is 0 Å². The molecule has 11 nitrogen and oxygen atoms in total. The second-order valence-corrected chi connectivity index (χ2v) is 13.4. The number of thioether (sulfide) groups is 2. The molecule has 6 rings (SSSR count). The minimum absolute atomic E-state index is 0.121. The normalized spacial score (nSPS) is 17.3. The number of pyridine rings is 1. The van der Waals surface area contributed by atoms with Crippen LogP contribution in [0.2, 0.25) is 0 Å². The van der Waals surface area contributed by atoms with Crippen molar-refractivity contribution in [3.63, 3.8) is 0 Å². The van der Waals surface area contributed by atoms with E-state index in [1.54, 1.807) is 17.8 Å². The quantitative estimate of drug-likeness (QED) is 0.0524. The molecule has 4 heterocycles. The van der Waals surface area contributed by atoms with Gasteiger partial charge in [-0.15, -0.1) is 29.5 Å². The van der Waals surface area contributed by atoms with Gasteiger partial charge in [-0.2, -0.15) is 0 Å². The lowest BCUT2D eigenvalue weighted by Crippen LogP contribution is -2.71. The van der Waals surface area contributed by atoms with Crippen molar-refractivity contribution in [3.05, 3.63) is 129 Å². The molecule has 0 aliphatic carbocycles. The summed E-state index contributed by atoms with van der Waals surface area (Å²) in [6, 6.07) is 21.6. The molecule has 246 valence electrons. The average molecular weight is 709 g/mol. The molecule has 1 saturated heterocycles. The minimum atomic E-state index is -0.967. The molecule has 2 atom stereocenters. The largest absolute Gasteiger partial charge is 0.448 e. The molecule has 1 fully saturated rings. The number of nitrogens with one attached hydrogen (secondary N) is 1. The van der Waals surface area contributed by atoms with E-state index in [2.05, 4.69) is 26.4 Å². The molecule has 1 unspecified atom stereocenters. The number of thiazole rings is 1. The average Bonchev–Trinajstić information content (AvgIpc) is 3.57. The van der Waals surface area contributed by atoms with E-state index in [0.29, 0.717) is 10.7 Å². The molecule has 0 spiro atoms. The first-order chi connectivity index (χ1) is 23.9. The number of hydrogen-bond acceptors (Lipinski definition) is 12. The van der Waals surface area contributed by atoms with Gasteiger partial charge in [-0.05, 0) is 34.2 Å². The third-order valence-electron chi connectivity index (χ3n) is 7.28. The van der Waals surface area contributed by atoms with Gasteiger partial charge in [0.25, 0.3) is 11.8 Å². The summed E-state index contributed by atoms with van der Waals surface area (Å²) < 4.78 is 6.22. The molecule has 2 aliphatic rings. The van der Waals surface area contributed by atoms with E-state index in [-0.39, 0.29) is 28.8 Å².